The van der Waals surface area contributed by atoms with Crippen molar-refractivity contribution in [3.8, 4) is 6.07 Å². The van der Waals surface area contributed by atoms with Crippen molar-refractivity contribution in [2.75, 3.05) is 0 Å². The topological polar surface area (TPSA) is 127 Å². The van der Waals surface area contributed by atoms with Gasteiger partial charge in [-0.05, 0) is 19.8 Å². The fourth-order valence-corrected chi connectivity index (χ4v) is 2.60. The molecule has 0 aliphatic rings. The van der Waals surface area contributed by atoms with E-state index in [0.29, 0.717) is 17.4 Å². The summed E-state index contributed by atoms with van der Waals surface area (Å²) in [4.78, 5) is 23.2. The first-order chi connectivity index (χ1) is 11.1. The van der Waals surface area contributed by atoms with Gasteiger partial charge in [0.15, 0.2) is 5.16 Å². The van der Waals surface area contributed by atoms with Crippen molar-refractivity contribution in [3.63, 3.8) is 0 Å². The fraction of sp³-hybridized carbons (Fsp3) is 0.667. The number of amides is 2. The Hall–Kier alpha value is -2.08. The zero-order valence-corrected chi connectivity index (χ0v) is 15.5. The van der Waals surface area contributed by atoms with Crippen LogP contribution in [0.4, 0.5) is 0 Å². The highest BCUT2D eigenvalue weighted by atomic mass is 32.2. The molecule has 1 aromatic rings. The number of nitriles is 1. The maximum Gasteiger partial charge on any atom is 0.234 e. The van der Waals surface area contributed by atoms with Crippen molar-refractivity contribution in [2.45, 2.75) is 56.5 Å². The molecule has 1 rings (SSSR count). The first kappa shape index (κ1) is 20.0. The molecule has 0 saturated carbocycles. The number of nitrogens with zero attached hydrogens (tertiary/aromatic N) is 4. The summed E-state index contributed by atoms with van der Waals surface area (Å²) in [6, 6.07) is 2.15. The second-order valence-corrected chi connectivity index (χ2v) is 7.45. The molecule has 0 aliphatic heterocycles. The molecule has 24 heavy (non-hydrogen) atoms. The summed E-state index contributed by atoms with van der Waals surface area (Å²) < 4.78 is 1.74. The molecule has 132 valence electrons. The van der Waals surface area contributed by atoms with Gasteiger partial charge in [0.25, 0.3) is 0 Å². The second-order valence-electron chi connectivity index (χ2n) is 6.14. The number of thioether (sulfide) groups is 1. The number of nitrogens with two attached hydrogens (primary N) is 1. The first-order valence-electron chi connectivity index (χ1n) is 7.67. The Balaban J connectivity index is 2.74. The molecule has 1 heterocycles. The van der Waals surface area contributed by atoms with Gasteiger partial charge in [-0.2, -0.15) is 5.26 Å². The number of rotatable bonds is 8. The Bertz CT molecular complexity index is 651. The van der Waals surface area contributed by atoms with E-state index in [0.717, 1.165) is 0 Å². The molecule has 8 nitrogen and oxygen atoms in total. The van der Waals surface area contributed by atoms with Crippen LogP contribution in [0.1, 0.15) is 39.9 Å². The van der Waals surface area contributed by atoms with Gasteiger partial charge in [0.05, 0.1) is 11.3 Å². The van der Waals surface area contributed by atoms with Crippen LogP contribution in [0, 0.1) is 17.2 Å². The van der Waals surface area contributed by atoms with Gasteiger partial charge < -0.3 is 15.6 Å². The molecular weight excluding hydrogens is 328 g/mol. The van der Waals surface area contributed by atoms with Crippen LogP contribution in [0.25, 0.3) is 0 Å². The monoisotopic (exact) mass is 352 g/mol. The normalized spacial score (nSPS) is 14.7. The summed E-state index contributed by atoms with van der Waals surface area (Å²) in [5.74, 6) is -0.0179. The van der Waals surface area contributed by atoms with E-state index in [-0.39, 0.29) is 18.2 Å². The summed E-state index contributed by atoms with van der Waals surface area (Å²) in [5, 5.41) is 20.3. The molecule has 2 atom stereocenters. The Kier molecular flexibility index (Phi) is 6.78. The lowest BCUT2D eigenvalue weighted by atomic mass is 9.90. The van der Waals surface area contributed by atoms with Crippen molar-refractivity contribution in [1.29, 1.82) is 5.26 Å². The molecule has 1 aromatic heterocycles. The molecule has 9 heteroatoms. The SMILES string of the molecule is CC(C)[C@@](C)(C#N)NC(=O)[C@@H](C)Sc1nnc(CCC(N)=O)n1C. The Morgan fingerprint density at radius 2 is 2.04 bits per heavy atom. The molecule has 0 fully saturated rings. The van der Waals surface area contributed by atoms with Crippen LogP contribution >= 0.6 is 11.8 Å². The zero-order chi connectivity index (χ0) is 18.5. The molecule has 0 radical (unpaired) electrons. The molecule has 0 unspecified atom stereocenters. The number of hydrogen-bond donors (Lipinski definition) is 2. The van der Waals surface area contributed by atoms with Gasteiger partial charge in [-0.15, -0.1) is 10.2 Å². The highest BCUT2D eigenvalue weighted by Gasteiger charge is 2.32. The van der Waals surface area contributed by atoms with Gasteiger partial charge in [0.1, 0.15) is 11.4 Å². The summed E-state index contributed by atoms with van der Waals surface area (Å²) >= 11 is 1.25. The predicted octanol–water partition coefficient (Wildman–Crippen LogP) is 0.768. The zero-order valence-electron chi connectivity index (χ0n) is 14.7. The van der Waals surface area contributed by atoms with E-state index in [1.165, 1.54) is 11.8 Å². The van der Waals surface area contributed by atoms with Gasteiger partial charge >= 0.3 is 0 Å². The molecule has 0 saturated heterocycles. The number of primary amides is 1. The molecule has 0 bridgehead atoms. The Labute approximate surface area is 146 Å². The molecule has 3 N–H and O–H groups in total. The third-order valence-corrected chi connectivity index (χ3v) is 5.08. The van der Waals surface area contributed by atoms with E-state index in [4.69, 9.17) is 5.73 Å². The van der Waals surface area contributed by atoms with E-state index in [2.05, 4.69) is 21.6 Å². The lowest BCUT2D eigenvalue weighted by Crippen LogP contribution is -2.51. The number of carbonyl (C=O) groups is 2. The quantitative estimate of drug-likeness (QED) is 0.665. The minimum atomic E-state index is -0.918. The van der Waals surface area contributed by atoms with Crippen molar-refractivity contribution < 1.29 is 9.59 Å². The summed E-state index contributed by atoms with van der Waals surface area (Å²) in [6.07, 6.45) is 0.599. The molecular formula is C15H24N6O2S. The van der Waals surface area contributed by atoms with Crippen LogP contribution in [-0.2, 0) is 23.1 Å². The molecule has 0 aromatic carbocycles. The van der Waals surface area contributed by atoms with E-state index in [1.807, 2.05) is 13.8 Å². The highest BCUT2D eigenvalue weighted by molar-refractivity contribution is 8.00. The van der Waals surface area contributed by atoms with Gasteiger partial charge in [-0.25, -0.2) is 0 Å². The van der Waals surface area contributed by atoms with Gasteiger partial charge in [0, 0.05) is 19.9 Å². The average Bonchev–Trinajstić information content (AvgIpc) is 2.85. The van der Waals surface area contributed by atoms with Crippen molar-refractivity contribution in [2.24, 2.45) is 18.7 Å². The minimum Gasteiger partial charge on any atom is -0.370 e. The standard InChI is InChI=1S/C15H24N6O2S/c1-9(2)15(4,8-16)18-13(23)10(3)24-14-20-19-12(21(14)5)7-6-11(17)22/h9-10H,6-7H2,1-5H3,(H2,17,22)(H,18,23)/t10-,15-/m1/s1. The van der Waals surface area contributed by atoms with E-state index < -0.39 is 16.7 Å². The number of carbonyl (C=O) groups excluding carboxylic acids is 2. The second kappa shape index (κ2) is 8.15. The van der Waals surface area contributed by atoms with Crippen molar-refractivity contribution in [3.05, 3.63) is 5.82 Å². The summed E-state index contributed by atoms with van der Waals surface area (Å²) in [6.45, 7) is 7.22. The van der Waals surface area contributed by atoms with E-state index in [1.54, 1.807) is 25.5 Å². The van der Waals surface area contributed by atoms with Crippen molar-refractivity contribution >= 4 is 23.6 Å². The smallest absolute Gasteiger partial charge is 0.234 e. The number of aromatic nitrogens is 3. The number of nitrogens with one attached hydrogen (secondary N) is 1. The van der Waals surface area contributed by atoms with E-state index in [9.17, 15) is 14.9 Å². The molecule has 2 amide bonds. The van der Waals surface area contributed by atoms with Crippen LogP contribution in [0.5, 0.6) is 0 Å². The maximum atomic E-state index is 12.4. The van der Waals surface area contributed by atoms with Gasteiger partial charge in [0.2, 0.25) is 11.8 Å². The van der Waals surface area contributed by atoms with Crippen LogP contribution in [-0.4, -0.2) is 37.4 Å². The lowest BCUT2D eigenvalue weighted by Gasteiger charge is -2.28. The summed E-state index contributed by atoms with van der Waals surface area (Å²) in [7, 11) is 1.77. The van der Waals surface area contributed by atoms with Crippen molar-refractivity contribution in [1.82, 2.24) is 20.1 Å². The van der Waals surface area contributed by atoms with Crippen LogP contribution in [0.2, 0.25) is 0 Å². The summed E-state index contributed by atoms with van der Waals surface area (Å²) in [5.41, 5.74) is 4.21. The Morgan fingerprint density at radius 1 is 1.42 bits per heavy atom. The largest absolute Gasteiger partial charge is 0.370 e. The van der Waals surface area contributed by atoms with Gasteiger partial charge in [-0.1, -0.05) is 25.6 Å². The number of aryl methyl sites for hydroxylation is 1. The third kappa shape index (κ3) is 4.96. The number of hydrogen-bond acceptors (Lipinski definition) is 6. The first-order valence-corrected chi connectivity index (χ1v) is 8.55. The minimum absolute atomic E-state index is 0.0149. The maximum absolute atomic E-state index is 12.4. The highest BCUT2D eigenvalue weighted by Crippen LogP contribution is 2.23. The molecule has 0 aliphatic carbocycles. The van der Waals surface area contributed by atoms with E-state index >= 15 is 0 Å². The Morgan fingerprint density at radius 3 is 2.54 bits per heavy atom. The van der Waals surface area contributed by atoms with Gasteiger partial charge in [-0.3, -0.25) is 9.59 Å². The molecule has 0 spiro atoms. The lowest BCUT2D eigenvalue weighted by molar-refractivity contribution is -0.122. The van der Waals surface area contributed by atoms with Crippen LogP contribution in [0.3, 0.4) is 0 Å². The fourth-order valence-electron chi connectivity index (χ4n) is 1.77. The predicted molar refractivity (Wildman–Crippen MR) is 90.8 cm³/mol. The third-order valence-electron chi connectivity index (χ3n) is 3.94. The van der Waals surface area contributed by atoms with Crippen LogP contribution < -0.4 is 11.1 Å². The van der Waals surface area contributed by atoms with Crippen LogP contribution in [0.15, 0.2) is 5.16 Å². The average molecular weight is 352 g/mol.